The molecule has 44 heavy (non-hydrogen) atoms. The third-order valence-corrected chi connectivity index (χ3v) is 8.01. The van der Waals surface area contributed by atoms with E-state index in [1.165, 1.54) is 6.92 Å². The van der Waals surface area contributed by atoms with Gasteiger partial charge >= 0.3 is 0 Å². The zero-order valence-corrected chi connectivity index (χ0v) is 25.7. The van der Waals surface area contributed by atoms with Gasteiger partial charge in [-0.15, -0.1) is 0 Å². The van der Waals surface area contributed by atoms with Crippen LogP contribution in [0.5, 0.6) is 17.2 Å². The summed E-state index contributed by atoms with van der Waals surface area (Å²) in [5.74, 6) is 1.21. The van der Waals surface area contributed by atoms with Crippen LogP contribution in [0.25, 0.3) is 22.0 Å². The summed E-state index contributed by atoms with van der Waals surface area (Å²) in [6.07, 6.45) is 3.98. The second-order valence-corrected chi connectivity index (χ2v) is 10.8. The lowest BCUT2D eigenvalue weighted by molar-refractivity contribution is -0.119. The highest BCUT2D eigenvalue weighted by Gasteiger charge is 2.29. The molecule has 0 fully saturated rings. The van der Waals surface area contributed by atoms with E-state index in [4.69, 9.17) is 14.2 Å². The number of aromatic nitrogens is 1. The Labute approximate surface area is 256 Å². The molecule has 1 aromatic heterocycles. The number of ether oxygens (including phenoxy) is 3. The third-order valence-electron chi connectivity index (χ3n) is 8.01. The minimum Gasteiger partial charge on any atom is -0.493 e. The summed E-state index contributed by atoms with van der Waals surface area (Å²) < 4.78 is 19.1. The first-order valence-electron chi connectivity index (χ1n) is 14.6. The summed E-state index contributed by atoms with van der Waals surface area (Å²) in [5.41, 5.74) is 5.20. The van der Waals surface area contributed by atoms with Crippen molar-refractivity contribution in [3.8, 4) is 28.4 Å². The van der Waals surface area contributed by atoms with Gasteiger partial charge in [0.05, 0.1) is 38.7 Å². The number of carbonyl (C=O) groups excluding carboxylic acids is 2. The Morgan fingerprint density at radius 1 is 0.977 bits per heavy atom. The van der Waals surface area contributed by atoms with Crippen molar-refractivity contribution >= 4 is 34.1 Å². The van der Waals surface area contributed by atoms with E-state index in [1.54, 1.807) is 33.5 Å². The highest BCUT2D eigenvalue weighted by molar-refractivity contribution is 6.01. The minimum atomic E-state index is -0.387. The van der Waals surface area contributed by atoms with Crippen LogP contribution in [0.2, 0.25) is 0 Å². The maximum absolute atomic E-state index is 13.5. The zero-order valence-electron chi connectivity index (χ0n) is 25.7. The van der Waals surface area contributed by atoms with E-state index in [9.17, 15) is 14.4 Å². The van der Waals surface area contributed by atoms with Crippen molar-refractivity contribution < 1.29 is 23.8 Å². The number of hydrogen-bond donors (Lipinski definition) is 3. The fourth-order valence-corrected chi connectivity index (χ4v) is 5.95. The summed E-state index contributed by atoms with van der Waals surface area (Å²) in [5, 5.41) is 10.2. The van der Waals surface area contributed by atoms with Crippen molar-refractivity contribution in [2.45, 2.75) is 38.6 Å². The standard InChI is InChI=1S/C34H38N4O6/c1-20(39)36-26-13-11-21-18-30(42-3)33(43-4)34(44-5)32(21)22-12-14-27(29(40)19-24(22)26)35-16-7-10-31(41)37-25-8-6-9-28-23(25)15-17-38(28)2/h6,8-9,12,14-15,17-19,26H,7,10-11,13,16H2,1-5H3,(H,35,40)(H,36,39)(H,37,41). The maximum atomic E-state index is 13.5. The molecular weight excluding hydrogens is 560 g/mol. The number of nitrogens with zero attached hydrogens (tertiary/aromatic N) is 1. The molecule has 1 atom stereocenters. The molecule has 3 aromatic carbocycles. The van der Waals surface area contributed by atoms with Gasteiger partial charge in [0.15, 0.2) is 11.5 Å². The van der Waals surface area contributed by atoms with Gasteiger partial charge in [-0.2, -0.15) is 0 Å². The first-order chi connectivity index (χ1) is 21.2. The first-order valence-corrected chi connectivity index (χ1v) is 14.6. The number of hydrogen-bond acceptors (Lipinski definition) is 7. The molecule has 0 bridgehead atoms. The van der Waals surface area contributed by atoms with Crippen LogP contribution < -0.4 is 35.6 Å². The zero-order chi connectivity index (χ0) is 31.4. The Hall–Kier alpha value is -4.99. The molecule has 3 N–H and O–H groups in total. The fraction of sp³-hybridized carbons (Fsp3) is 0.324. The molecule has 5 rings (SSSR count). The molecular formula is C34H38N4O6. The Balaban J connectivity index is 1.39. The summed E-state index contributed by atoms with van der Waals surface area (Å²) in [7, 11) is 6.66. The number of nitrogens with one attached hydrogen (secondary N) is 3. The molecule has 0 radical (unpaired) electrons. The van der Waals surface area contributed by atoms with Crippen LogP contribution in [-0.4, -0.2) is 44.3 Å². The van der Waals surface area contributed by atoms with Gasteiger partial charge in [-0.25, -0.2) is 0 Å². The number of carbonyl (C=O) groups is 2. The topological polar surface area (TPSA) is 120 Å². The van der Waals surface area contributed by atoms with Gasteiger partial charge in [0, 0.05) is 49.6 Å². The lowest BCUT2D eigenvalue weighted by Gasteiger charge is -2.19. The smallest absolute Gasteiger partial charge is 0.224 e. The predicted molar refractivity (Wildman–Crippen MR) is 172 cm³/mol. The van der Waals surface area contributed by atoms with Crippen molar-refractivity contribution in [2.75, 3.05) is 38.5 Å². The number of amides is 2. The second-order valence-electron chi connectivity index (χ2n) is 10.8. The van der Waals surface area contributed by atoms with Crippen LogP contribution in [0.3, 0.4) is 0 Å². The van der Waals surface area contributed by atoms with Crippen molar-refractivity contribution in [1.29, 1.82) is 0 Å². The largest absolute Gasteiger partial charge is 0.493 e. The van der Waals surface area contributed by atoms with Crippen LogP contribution in [0, 0.1) is 0 Å². The first kappa shape index (κ1) is 30.5. The molecule has 0 spiro atoms. The number of rotatable bonds is 10. The van der Waals surface area contributed by atoms with Crippen molar-refractivity contribution in [3.63, 3.8) is 0 Å². The Kier molecular flexibility index (Phi) is 9.08. The van der Waals surface area contributed by atoms with Gasteiger partial charge in [-0.05, 0) is 72.4 Å². The van der Waals surface area contributed by atoms with Crippen LogP contribution in [0.15, 0.2) is 59.5 Å². The highest BCUT2D eigenvalue weighted by atomic mass is 16.5. The molecule has 1 aliphatic carbocycles. The van der Waals surface area contributed by atoms with E-state index in [-0.39, 0.29) is 29.7 Å². The summed E-state index contributed by atoms with van der Waals surface area (Å²) in [4.78, 5) is 38.4. The van der Waals surface area contributed by atoms with E-state index in [0.717, 1.165) is 33.3 Å². The molecule has 10 nitrogen and oxygen atoms in total. The van der Waals surface area contributed by atoms with Crippen LogP contribution >= 0.6 is 0 Å². The van der Waals surface area contributed by atoms with E-state index in [1.807, 2.05) is 54.2 Å². The van der Waals surface area contributed by atoms with Crippen LogP contribution in [0.4, 0.5) is 11.4 Å². The molecule has 0 saturated carbocycles. The predicted octanol–water partition coefficient (Wildman–Crippen LogP) is 5.19. The maximum Gasteiger partial charge on any atom is 0.224 e. The van der Waals surface area contributed by atoms with Gasteiger partial charge in [-0.1, -0.05) is 12.1 Å². The average Bonchev–Trinajstić information content (AvgIpc) is 3.23. The molecule has 230 valence electrons. The molecule has 4 aromatic rings. The van der Waals surface area contributed by atoms with Crippen molar-refractivity contribution in [2.24, 2.45) is 7.05 Å². The van der Waals surface area contributed by atoms with Gasteiger partial charge < -0.3 is 34.7 Å². The molecule has 1 aliphatic rings. The second kappa shape index (κ2) is 13.1. The number of fused-ring (bicyclic) bond motifs is 4. The van der Waals surface area contributed by atoms with Crippen LogP contribution in [-0.2, 0) is 23.1 Å². The Bertz CT molecular complexity index is 1780. The average molecular weight is 599 g/mol. The van der Waals surface area contributed by atoms with E-state index < -0.39 is 0 Å². The van der Waals surface area contributed by atoms with E-state index in [0.29, 0.717) is 54.3 Å². The molecule has 2 amide bonds. The lowest BCUT2D eigenvalue weighted by Crippen LogP contribution is -2.26. The number of anilines is 2. The molecule has 0 saturated heterocycles. The van der Waals surface area contributed by atoms with E-state index >= 15 is 0 Å². The van der Waals surface area contributed by atoms with Gasteiger partial charge in [0.1, 0.15) is 0 Å². The summed E-state index contributed by atoms with van der Waals surface area (Å²) in [6, 6.07) is 14.5. The van der Waals surface area contributed by atoms with Gasteiger partial charge in [0.2, 0.25) is 23.0 Å². The number of aryl methyl sites for hydroxylation is 2. The quantitative estimate of drug-likeness (QED) is 0.215. The molecule has 0 aliphatic heterocycles. The summed E-state index contributed by atoms with van der Waals surface area (Å²) >= 11 is 0. The fourth-order valence-electron chi connectivity index (χ4n) is 5.95. The molecule has 1 heterocycles. The normalized spacial score (nSPS) is 13.7. The highest BCUT2D eigenvalue weighted by Crippen LogP contribution is 2.50. The molecule has 1 unspecified atom stereocenters. The SMILES string of the molecule is COc1cc2c(c(OC)c1OC)-c1ccc(NCCCC(=O)Nc3cccc4c3ccn4C)c(=O)cc1C(NC(C)=O)CC2. The number of benzene rings is 2. The number of methoxy groups -OCH3 is 3. The third kappa shape index (κ3) is 6.06. The minimum absolute atomic E-state index is 0.0953. The van der Waals surface area contributed by atoms with E-state index in [2.05, 4.69) is 16.0 Å². The monoisotopic (exact) mass is 598 g/mol. The van der Waals surface area contributed by atoms with Crippen LogP contribution in [0.1, 0.15) is 43.4 Å². The van der Waals surface area contributed by atoms with Gasteiger partial charge in [-0.3, -0.25) is 14.4 Å². The van der Waals surface area contributed by atoms with Crippen molar-refractivity contribution in [3.05, 3.63) is 76.1 Å². The Morgan fingerprint density at radius 3 is 2.50 bits per heavy atom. The summed E-state index contributed by atoms with van der Waals surface area (Å²) in [6.45, 7) is 1.89. The molecule has 10 heteroatoms. The lowest BCUT2D eigenvalue weighted by atomic mass is 9.95. The Morgan fingerprint density at radius 2 is 1.77 bits per heavy atom. The van der Waals surface area contributed by atoms with Gasteiger partial charge in [0.25, 0.3) is 0 Å². The van der Waals surface area contributed by atoms with Crippen molar-refractivity contribution in [1.82, 2.24) is 9.88 Å².